The van der Waals surface area contributed by atoms with Crippen LogP contribution in [0.15, 0.2) is 45.6 Å². The second-order valence-corrected chi connectivity index (χ2v) is 9.62. The fraction of sp³-hybridized carbons (Fsp3) is 0.423. The molecule has 3 aromatic rings. The highest BCUT2D eigenvalue weighted by atomic mass is 16.7. The minimum absolute atomic E-state index is 0.0848. The van der Waals surface area contributed by atoms with Crippen molar-refractivity contribution >= 4 is 11.0 Å². The van der Waals surface area contributed by atoms with Crippen LogP contribution in [0.4, 0.5) is 0 Å². The minimum atomic E-state index is -1.74. The van der Waals surface area contributed by atoms with Gasteiger partial charge in [-0.15, -0.1) is 0 Å². The third kappa shape index (κ3) is 5.07. The number of aromatic hydroxyl groups is 2. The number of hydrogen-bond acceptors (Lipinski definition) is 14. The van der Waals surface area contributed by atoms with E-state index in [-0.39, 0.29) is 33.8 Å². The summed E-state index contributed by atoms with van der Waals surface area (Å²) < 4.78 is 27.9. The fourth-order valence-corrected chi connectivity index (χ4v) is 4.48. The van der Waals surface area contributed by atoms with E-state index in [4.69, 9.17) is 23.4 Å². The SMILES string of the molecule is C[C@@H]1O[C@@H](Oc2cc(O)c3c(=O)c(O[C@@H]4OC[C@H](O)[C@H](O)[C@H]4O)c(-c4ccc(O)cc4)oc3c2)[C@H](O)[C@H](O)[C@H]1O. The first-order chi connectivity index (χ1) is 19.0. The van der Waals surface area contributed by atoms with Crippen molar-refractivity contribution in [3.8, 4) is 34.3 Å². The van der Waals surface area contributed by atoms with Crippen molar-refractivity contribution in [1.29, 1.82) is 0 Å². The summed E-state index contributed by atoms with van der Waals surface area (Å²) in [5, 5.41) is 80.5. The van der Waals surface area contributed by atoms with Crippen LogP contribution < -0.4 is 14.9 Å². The van der Waals surface area contributed by atoms with Gasteiger partial charge in [-0.25, -0.2) is 0 Å². The molecule has 5 rings (SSSR count). The molecule has 9 atom stereocenters. The predicted octanol–water partition coefficient (Wildman–Crippen LogP) is -1.10. The average Bonchev–Trinajstić information content (AvgIpc) is 2.92. The van der Waals surface area contributed by atoms with E-state index in [1.807, 2.05) is 0 Å². The van der Waals surface area contributed by atoms with E-state index >= 15 is 0 Å². The quantitative estimate of drug-likeness (QED) is 0.184. The zero-order chi connectivity index (χ0) is 28.9. The number of phenolic OH excluding ortho intramolecular Hbond substituents is 2. The summed E-state index contributed by atoms with van der Waals surface area (Å²) in [6, 6.07) is 7.69. The molecule has 0 spiro atoms. The fourth-order valence-electron chi connectivity index (χ4n) is 4.48. The van der Waals surface area contributed by atoms with Gasteiger partial charge in [0.15, 0.2) is 5.76 Å². The van der Waals surface area contributed by atoms with Crippen molar-refractivity contribution < 1.29 is 64.2 Å². The van der Waals surface area contributed by atoms with Crippen LogP contribution >= 0.6 is 0 Å². The number of aliphatic hydroxyl groups excluding tert-OH is 6. The van der Waals surface area contributed by atoms with Crippen molar-refractivity contribution in [2.45, 2.75) is 62.2 Å². The molecule has 2 fully saturated rings. The summed E-state index contributed by atoms with van der Waals surface area (Å²) in [5.41, 5.74) is -0.860. The Kier molecular flexibility index (Phi) is 7.60. The number of hydrogen-bond donors (Lipinski definition) is 8. The molecule has 2 aliphatic heterocycles. The zero-order valence-electron chi connectivity index (χ0n) is 20.9. The largest absolute Gasteiger partial charge is 0.508 e. The molecule has 0 radical (unpaired) electrons. The van der Waals surface area contributed by atoms with Gasteiger partial charge in [-0.05, 0) is 31.2 Å². The molecular formula is C26H28O14. The van der Waals surface area contributed by atoms with Crippen molar-refractivity contribution in [2.75, 3.05) is 6.61 Å². The first-order valence-electron chi connectivity index (χ1n) is 12.3. The van der Waals surface area contributed by atoms with Gasteiger partial charge in [-0.2, -0.15) is 0 Å². The lowest BCUT2D eigenvalue weighted by molar-refractivity contribution is -0.268. The number of rotatable bonds is 5. The lowest BCUT2D eigenvalue weighted by atomic mass is 10.00. The van der Waals surface area contributed by atoms with Gasteiger partial charge in [-0.3, -0.25) is 4.79 Å². The molecule has 14 heteroatoms. The summed E-state index contributed by atoms with van der Waals surface area (Å²) in [6.07, 6.45) is -13.3. The molecule has 40 heavy (non-hydrogen) atoms. The molecule has 0 unspecified atom stereocenters. The van der Waals surface area contributed by atoms with Crippen LogP contribution in [-0.2, 0) is 9.47 Å². The molecular weight excluding hydrogens is 536 g/mol. The Bertz CT molecular complexity index is 1420. The van der Waals surface area contributed by atoms with Crippen molar-refractivity contribution in [3.05, 3.63) is 46.6 Å². The van der Waals surface area contributed by atoms with Gasteiger partial charge in [0.2, 0.25) is 23.8 Å². The van der Waals surface area contributed by atoms with E-state index < -0.39 is 78.8 Å². The van der Waals surface area contributed by atoms with Gasteiger partial charge in [-0.1, -0.05) is 0 Å². The Morgan fingerprint density at radius 2 is 1.50 bits per heavy atom. The van der Waals surface area contributed by atoms with E-state index in [0.717, 1.165) is 6.07 Å². The van der Waals surface area contributed by atoms with Crippen LogP contribution in [-0.4, -0.2) is 103 Å². The van der Waals surface area contributed by atoms with E-state index in [2.05, 4.69) is 0 Å². The Balaban J connectivity index is 1.58. The lowest BCUT2D eigenvalue weighted by Gasteiger charge is -2.38. The van der Waals surface area contributed by atoms with Crippen LogP contribution in [0.2, 0.25) is 0 Å². The summed E-state index contributed by atoms with van der Waals surface area (Å²) in [4.78, 5) is 13.6. The Morgan fingerprint density at radius 3 is 2.20 bits per heavy atom. The van der Waals surface area contributed by atoms with E-state index in [1.54, 1.807) is 0 Å². The smallest absolute Gasteiger partial charge is 0.239 e. The third-order valence-electron chi connectivity index (χ3n) is 6.78. The van der Waals surface area contributed by atoms with Crippen LogP contribution in [0.25, 0.3) is 22.3 Å². The summed E-state index contributed by atoms with van der Waals surface area (Å²) in [6.45, 7) is 1.06. The van der Waals surface area contributed by atoms with Gasteiger partial charge >= 0.3 is 0 Å². The van der Waals surface area contributed by atoms with Gasteiger partial charge in [0.25, 0.3) is 0 Å². The first-order valence-corrected chi connectivity index (χ1v) is 12.3. The maximum atomic E-state index is 13.6. The zero-order valence-corrected chi connectivity index (χ0v) is 20.9. The van der Waals surface area contributed by atoms with Crippen LogP contribution in [0, 0.1) is 0 Å². The van der Waals surface area contributed by atoms with Gasteiger partial charge in [0, 0.05) is 17.7 Å². The molecule has 14 nitrogen and oxygen atoms in total. The Morgan fingerprint density at radius 1 is 0.825 bits per heavy atom. The second kappa shape index (κ2) is 10.8. The average molecular weight is 564 g/mol. The molecule has 0 bridgehead atoms. The van der Waals surface area contributed by atoms with Crippen LogP contribution in [0.3, 0.4) is 0 Å². The monoisotopic (exact) mass is 564 g/mol. The van der Waals surface area contributed by atoms with Crippen LogP contribution in [0.5, 0.6) is 23.0 Å². The Hall–Kier alpha value is -3.47. The van der Waals surface area contributed by atoms with E-state index in [9.17, 15) is 45.6 Å². The van der Waals surface area contributed by atoms with E-state index in [1.165, 1.54) is 37.3 Å². The highest BCUT2D eigenvalue weighted by Crippen LogP contribution is 2.38. The predicted molar refractivity (Wildman–Crippen MR) is 133 cm³/mol. The van der Waals surface area contributed by atoms with Crippen molar-refractivity contribution in [2.24, 2.45) is 0 Å². The molecule has 216 valence electrons. The highest BCUT2D eigenvalue weighted by molar-refractivity contribution is 5.88. The van der Waals surface area contributed by atoms with Gasteiger partial charge in [0.1, 0.15) is 64.8 Å². The van der Waals surface area contributed by atoms with Gasteiger partial charge < -0.3 is 64.2 Å². The molecule has 0 amide bonds. The molecule has 2 aliphatic rings. The topological polar surface area (TPSA) is 229 Å². The maximum Gasteiger partial charge on any atom is 0.239 e. The van der Waals surface area contributed by atoms with Crippen LogP contribution in [0.1, 0.15) is 6.92 Å². The molecule has 0 saturated carbocycles. The number of benzene rings is 2. The third-order valence-corrected chi connectivity index (χ3v) is 6.78. The normalized spacial score (nSPS) is 32.6. The molecule has 1 aromatic heterocycles. The molecule has 3 heterocycles. The number of fused-ring (bicyclic) bond motifs is 1. The van der Waals surface area contributed by atoms with Crippen molar-refractivity contribution in [3.63, 3.8) is 0 Å². The first kappa shape index (κ1) is 28.1. The summed E-state index contributed by atoms with van der Waals surface area (Å²) in [7, 11) is 0. The lowest BCUT2D eigenvalue weighted by Crippen LogP contribution is -2.58. The standard InChI is InChI=1S/C26H28O14/c1-9-17(30)20(33)22(35)26(37-9)38-12-6-13(28)16-15(7-12)39-23(10-2-4-11(27)5-3-10)24(19(16)32)40-25-21(34)18(31)14(29)8-36-25/h2-7,9,14,17-18,20-22,25-31,33-35H,8H2,1H3/t9-,14-,17-,18-,20+,21+,22+,25-,26-/m0/s1. The summed E-state index contributed by atoms with van der Waals surface area (Å²) in [5.74, 6) is -1.54. The minimum Gasteiger partial charge on any atom is -0.508 e. The Labute approximate surface area is 225 Å². The number of phenols is 2. The summed E-state index contributed by atoms with van der Waals surface area (Å²) >= 11 is 0. The molecule has 0 aliphatic carbocycles. The van der Waals surface area contributed by atoms with Gasteiger partial charge in [0.05, 0.1) is 12.7 Å². The van der Waals surface area contributed by atoms with Crippen molar-refractivity contribution in [1.82, 2.24) is 0 Å². The second-order valence-electron chi connectivity index (χ2n) is 9.62. The highest BCUT2D eigenvalue weighted by Gasteiger charge is 2.43. The molecule has 2 aromatic carbocycles. The maximum absolute atomic E-state index is 13.6. The molecule has 2 saturated heterocycles. The molecule has 8 N–H and O–H groups in total. The van der Waals surface area contributed by atoms with E-state index in [0.29, 0.717) is 0 Å². The number of aliphatic hydroxyl groups is 6. The number of ether oxygens (including phenoxy) is 4.